The maximum atomic E-state index is 10.6. The largest absolute Gasteiger partial charge is 0.396 e. The number of hydrogen-bond acceptors (Lipinski definition) is 2. The number of nitrogens with one attached hydrogen (secondary N) is 1. The van der Waals surface area contributed by atoms with Gasteiger partial charge < -0.3 is 10.4 Å². The zero-order chi connectivity index (χ0) is 8.53. The first-order valence-electron chi connectivity index (χ1n) is 3.82. The Morgan fingerprint density at radius 1 is 1.45 bits per heavy atom. The normalized spacial score (nSPS) is 9.18. The zero-order valence-corrected chi connectivity index (χ0v) is 6.68. The van der Waals surface area contributed by atoms with Crippen LogP contribution in [0.25, 0.3) is 0 Å². The minimum Gasteiger partial charge on any atom is -0.396 e. The summed E-state index contributed by atoms with van der Waals surface area (Å²) in [5.41, 5.74) is 0. The molecule has 0 bridgehead atoms. The molecule has 1 amide bonds. The Labute approximate surface area is 67.1 Å². The van der Waals surface area contributed by atoms with E-state index in [1.54, 1.807) is 0 Å². The van der Waals surface area contributed by atoms with Crippen LogP contribution in [-0.2, 0) is 4.79 Å². The van der Waals surface area contributed by atoms with E-state index in [0.29, 0.717) is 6.54 Å². The summed E-state index contributed by atoms with van der Waals surface area (Å²) in [5.74, 6) is -0.131. The van der Waals surface area contributed by atoms with Crippen molar-refractivity contribution in [2.24, 2.45) is 0 Å². The first-order chi connectivity index (χ1) is 5.31. The summed E-state index contributed by atoms with van der Waals surface area (Å²) < 4.78 is 0. The first-order valence-corrected chi connectivity index (χ1v) is 3.82. The van der Waals surface area contributed by atoms with Crippen LogP contribution in [0.3, 0.4) is 0 Å². The van der Waals surface area contributed by atoms with E-state index >= 15 is 0 Å². The van der Waals surface area contributed by atoms with Crippen LogP contribution in [0, 0.1) is 0 Å². The topological polar surface area (TPSA) is 49.3 Å². The van der Waals surface area contributed by atoms with Gasteiger partial charge in [-0.25, -0.2) is 0 Å². The van der Waals surface area contributed by atoms with Gasteiger partial charge in [-0.1, -0.05) is 6.58 Å². The number of aliphatic hydroxyl groups is 1. The van der Waals surface area contributed by atoms with Gasteiger partial charge in [-0.3, -0.25) is 4.79 Å². The third-order valence-electron chi connectivity index (χ3n) is 1.32. The molecule has 0 radical (unpaired) electrons. The molecule has 0 atom stereocenters. The van der Waals surface area contributed by atoms with Crippen molar-refractivity contribution < 1.29 is 9.90 Å². The van der Waals surface area contributed by atoms with E-state index in [4.69, 9.17) is 5.11 Å². The average Bonchev–Trinajstić information content (AvgIpc) is 2.04. The van der Waals surface area contributed by atoms with Gasteiger partial charge in [0.05, 0.1) is 0 Å². The SMILES string of the molecule is C=CC(=O)NCCCCCO. The van der Waals surface area contributed by atoms with Crippen LogP contribution in [0.5, 0.6) is 0 Å². The van der Waals surface area contributed by atoms with Crippen LogP contribution in [-0.4, -0.2) is 24.2 Å². The monoisotopic (exact) mass is 157 g/mol. The Kier molecular flexibility index (Phi) is 6.73. The van der Waals surface area contributed by atoms with E-state index in [-0.39, 0.29) is 12.5 Å². The van der Waals surface area contributed by atoms with Crippen molar-refractivity contribution in [1.82, 2.24) is 5.32 Å². The number of aliphatic hydroxyl groups excluding tert-OH is 1. The molecule has 3 heteroatoms. The lowest BCUT2D eigenvalue weighted by atomic mass is 10.2. The number of unbranched alkanes of at least 4 members (excludes halogenated alkanes) is 2. The Balaban J connectivity index is 3.01. The molecule has 0 aliphatic rings. The van der Waals surface area contributed by atoms with Crippen molar-refractivity contribution in [2.45, 2.75) is 19.3 Å². The molecule has 64 valence electrons. The molecular weight excluding hydrogens is 142 g/mol. The summed E-state index contributed by atoms with van der Waals surface area (Å²) in [6, 6.07) is 0. The molecule has 0 aliphatic heterocycles. The van der Waals surface area contributed by atoms with Crippen molar-refractivity contribution in [1.29, 1.82) is 0 Å². The van der Waals surface area contributed by atoms with E-state index in [1.807, 2.05) is 0 Å². The smallest absolute Gasteiger partial charge is 0.243 e. The molecule has 0 aromatic heterocycles. The van der Waals surface area contributed by atoms with Crippen LogP contribution >= 0.6 is 0 Å². The van der Waals surface area contributed by atoms with Gasteiger partial charge in [0, 0.05) is 13.2 Å². The van der Waals surface area contributed by atoms with Crippen LogP contribution < -0.4 is 5.32 Å². The highest BCUT2D eigenvalue weighted by atomic mass is 16.2. The number of amides is 1. The van der Waals surface area contributed by atoms with Gasteiger partial charge in [-0.05, 0) is 25.3 Å². The molecule has 0 aromatic rings. The maximum absolute atomic E-state index is 10.6. The predicted octanol–water partition coefficient (Wildman–Crippen LogP) is 0.451. The van der Waals surface area contributed by atoms with Gasteiger partial charge in [-0.15, -0.1) is 0 Å². The van der Waals surface area contributed by atoms with Crippen LogP contribution in [0.2, 0.25) is 0 Å². The Hall–Kier alpha value is -0.830. The van der Waals surface area contributed by atoms with Crippen LogP contribution in [0.15, 0.2) is 12.7 Å². The third kappa shape index (κ3) is 7.06. The number of hydrogen-bond donors (Lipinski definition) is 2. The second kappa shape index (κ2) is 7.28. The zero-order valence-electron chi connectivity index (χ0n) is 6.68. The molecule has 0 heterocycles. The van der Waals surface area contributed by atoms with Gasteiger partial charge in [0.15, 0.2) is 0 Å². The summed E-state index contributed by atoms with van der Waals surface area (Å²) >= 11 is 0. The van der Waals surface area contributed by atoms with Gasteiger partial charge >= 0.3 is 0 Å². The molecule has 0 saturated carbocycles. The van der Waals surface area contributed by atoms with Crippen molar-refractivity contribution in [3.8, 4) is 0 Å². The van der Waals surface area contributed by atoms with Crippen molar-refractivity contribution in [2.75, 3.05) is 13.2 Å². The molecule has 0 aliphatic carbocycles. The van der Waals surface area contributed by atoms with E-state index in [9.17, 15) is 4.79 Å². The van der Waals surface area contributed by atoms with Crippen LogP contribution in [0.1, 0.15) is 19.3 Å². The fourth-order valence-electron chi connectivity index (χ4n) is 0.697. The van der Waals surface area contributed by atoms with Crippen molar-refractivity contribution in [3.05, 3.63) is 12.7 Å². The van der Waals surface area contributed by atoms with E-state index in [0.717, 1.165) is 19.3 Å². The number of carbonyl (C=O) groups excluding carboxylic acids is 1. The Morgan fingerprint density at radius 2 is 2.18 bits per heavy atom. The lowest BCUT2D eigenvalue weighted by molar-refractivity contribution is -0.116. The standard InChI is InChI=1S/C8H15NO2/c1-2-8(11)9-6-4-3-5-7-10/h2,10H,1,3-7H2,(H,9,11). The third-order valence-corrected chi connectivity index (χ3v) is 1.32. The molecule has 3 nitrogen and oxygen atoms in total. The maximum Gasteiger partial charge on any atom is 0.243 e. The lowest BCUT2D eigenvalue weighted by Gasteiger charge is -1.99. The minimum absolute atomic E-state index is 0.131. The van der Waals surface area contributed by atoms with E-state index in [2.05, 4.69) is 11.9 Å². The summed E-state index contributed by atoms with van der Waals surface area (Å²) in [6.45, 7) is 4.23. The molecule has 0 aromatic carbocycles. The quantitative estimate of drug-likeness (QED) is 0.434. The molecule has 11 heavy (non-hydrogen) atoms. The summed E-state index contributed by atoms with van der Waals surface area (Å²) in [5, 5.41) is 11.1. The fraction of sp³-hybridized carbons (Fsp3) is 0.625. The van der Waals surface area contributed by atoms with Gasteiger partial charge in [0.2, 0.25) is 5.91 Å². The highest BCUT2D eigenvalue weighted by Gasteiger charge is 1.91. The first kappa shape index (κ1) is 10.2. The Morgan fingerprint density at radius 3 is 2.73 bits per heavy atom. The lowest BCUT2D eigenvalue weighted by Crippen LogP contribution is -2.21. The number of rotatable bonds is 6. The molecule has 0 spiro atoms. The average molecular weight is 157 g/mol. The van der Waals surface area contributed by atoms with Gasteiger partial charge in [0.1, 0.15) is 0 Å². The predicted molar refractivity (Wildman–Crippen MR) is 44.1 cm³/mol. The van der Waals surface area contributed by atoms with Gasteiger partial charge in [0.25, 0.3) is 0 Å². The highest BCUT2D eigenvalue weighted by Crippen LogP contribution is 1.91. The molecule has 0 rings (SSSR count). The minimum atomic E-state index is -0.131. The Bertz CT molecular complexity index is 123. The van der Waals surface area contributed by atoms with E-state index < -0.39 is 0 Å². The van der Waals surface area contributed by atoms with Gasteiger partial charge in [-0.2, -0.15) is 0 Å². The second-order valence-electron chi connectivity index (χ2n) is 2.28. The van der Waals surface area contributed by atoms with Crippen LogP contribution in [0.4, 0.5) is 0 Å². The molecule has 0 saturated heterocycles. The highest BCUT2D eigenvalue weighted by molar-refractivity contribution is 5.86. The number of carbonyl (C=O) groups is 1. The van der Waals surface area contributed by atoms with E-state index in [1.165, 1.54) is 6.08 Å². The molecule has 0 unspecified atom stereocenters. The van der Waals surface area contributed by atoms with Crippen molar-refractivity contribution >= 4 is 5.91 Å². The molecule has 0 fully saturated rings. The second-order valence-corrected chi connectivity index (χ2v) is 2.28. The van der Waals surface area contributed by atoms with Crippen molar-refractivity contribution in [3.63, 3.8) is 0 Å². The summed E-state index contributed by atoms with van der Waals surface area (Å²) in [6.07, 6.45) is 3.93. The molecular formula is C8H15NO2. The fourth-order valence-corrected chi connectivity index (χ4v) is 0.697. The molecule has 2 N–H and O–H groups in total. The summed E-state index contributed by atoms with van der Waals surface area (Å²) in [4.78, 5) is 10.6. The summed E-state index contributed by atoms with van der Waals surface area (Å²) in [7, 11) is 0.